The van der Waals surface area contributed by atoms with Crippen molar-refractivity contribution in [2.45, 2.75) is 105 Å². The van der Waals surface area contributed by atoms with Gasteiger partial charge in [0.15, 0.2) is 0 Å². The molecule has 3 aromatic heterocycles. The monoisotopic (exact) mass is 820 g/mol. The minimum atomic E-state index is -0.426. The van der Waals surface area contributed by atoms with Gasteiger partial charge in [0, 0.05) is 28.0 Å². The predicted octanol–water partition coefficient (Wildman–Crippen LogP) is 14.2. The molecule has 0 unspecified atom stereocenters. The van der Waals surface area contributed by atoms with E-state index in [9.17, 15) is 4.79 Å². The highest BCUT2D eigenvalue weighted by Gasteiger charge is 2.28. The third-order valence-electron chi connectivity index (χ3n) is 12.0. The summed E-state index contributed by atoms with van der Waals surface area (Å²) in [7, 11) is 1.45. The molecule has 2 aliphatic heterocycles. The quantitative estimate of drug-likeness (QED) is 0.166. The van der Waals surface area contributed by atoms with E-state index in [1.54, 1.807) is 0 Å². The molecule has 0 saturated carbocycles. The van der Waals surface area contributed by atoms with Gasteiger partial charge in [-0.2, -0.15) is 0 Å². The molecule has 0 fully saturated rings. The number of hydrogen-bond acceptors (Lipinski definition) is 4. The lowest BCUT2D eigenvalue weighted by Crippen LogP contribution is -2.17. The van der Waals surface area contributed by atoms with Gasteiger partial charge in [0.25, 0.3) is 0 Å². The highest BCUT2D eigenvalue weighted by molar-refractivity contribution is 6.11. The maximum Gasteiger partial charge on any atom is 0.340 e. The molecule has 6 aromatic rings. The number of aromatic nitrogens is 4. The van der Waals surface area contributed by atoms with Crippen LogP contribution in [0.4, 0.5) is 0 Å². The van der Waals surface area contributed by atoms with Crippen LogP contribution in [0.1, 0.15) is 138 Å². The van der Waals surface area contributed by atoms with Crippen molar-refractivity contribution in [3.05, 3.63) is 154 Å². The fourth-order valence-corrected chi connectivity index (χ4v) is 8.27. The van der Waals surface area contributed by atoms with Gasteiger partial charge in [0.1, 0.15) is 0 Å². The van der Waals surface area contributed by atoms with Crippen molar-refractivity contribution >= 4 is 52.3 Å². The van der Waals surface area contributed by atoms with Crippen molar-refractivity contribution in [3.8, 4) is 22.5 Å². The van der Waals surface area contributed by atoms with Gasteiger partial charge in [-0.3, -0.25) is 0 Å². The zero-order valence-electron chi connectivity index (χ0n) is 38.7. The molecule has 6 heteroatoms. The number of ether oxygens (including phenoxy) is 1. The average molecular weight is 821 g/mol. The summed E-state index contributed by atoms with van der Waals surface area (Å²) < 4.78 is 10.2. The summed E-state index contributed by atoms with van der Waals surface area (Å²) in [4.78, 5) is 24.9. The Morgan fingerprint density at radius 1 is 0.468 bits per heavy atom. The second-order valence-corrected chi connectivity index (χ2v) is 20.9. The first-order valence-corrected chi connectivity index (χ1v) is 21.7. The Morgan fingerprint density at radius 3 is 1.26 bits per heavy atom. The topological polar surface area (TPSA) is 61.9 Å². The summed E-state index contributed by atoms with van der Waals surface area (Å²) in [6.45, 7) is 27.1. The van der Waals surface area contributed by atoms with Crippen LogP contribution in [0.25, 0.3) is 68.9 Å². The first-order chi connectivity index (χ1) is 29.1. The van der Waals surface area contributed by atoms with Crippen molar-refractivity contribution in [1.29, 1.82) is 0 Å². The van der Waals surface area contributed by atoms with E-state index in [-0.39, 0.29) is 21.7 Å². The van der Waals surface area contributed by atoms with Crippen LogP contribution in [-0.4, -0.2) is 32.2 Å². The zero-order valence-corrected chi connectivity index (χ0v) is 38.7. The normalized spacial score (nSPS) is 13.2. The second-order valence-electron chi connectivity index (χ2n) is 20.9. The molecule has 8 bridgehead atoms. The maximum absolute atomic E-state index is 14.4. The smallest absolute Gasteiger partial charge is 0.340 e. The Morgan fingerprint density at radius 2 is 0.855 bits per heavy atom. The van der Waals surface area contributed by atoms with Crippen LogP contribution < -0.4 is 0 Å². The highest BCUT2D eigenvalue weighted by Crippen LogP contribution is 2.41. The number of hydrogen-bond donors (Lipinski definition) is 0. The lowest BCUT2D eigenvalue weighted by atomic mass is 9.80. The summed E-state index contributed by atoms with van der Waals surface area (Å²) in [5, 5.41) is 0. The number of esters is 1. The summed E-state index contributed by atoms with van der Waals surface area (Å²) in [5.41, 5.74) is 15.4. The first-order valence-electron chi connectivity index (χ1n) is 21.7. The molecule has 6 nitrogen and oxygen atoms in total. The number of rotatable bonds is 4. The Bertz CT molecular complexity index is 2920. The number of benzene rings is 3. The van der Waals surface area contributed by atoms with Gasteiger partial charge < -0.3 is 13.9 Å². The zero-order chi connectivity index (χ0) is 44.5. The molecule has 3 aromatic carbocycles. The maximum atomic E-state index is 14.4. The fraction of sp³-hybridized carbons (Fsp3) is 0.304. The largest absolute Gasteiger partial charge is 0.465 e. The molecule has 316 valence electrons. The van der Waals surface area contributed by atoms with Crippen molar-refractivity contribution < 1.29 is 9.53 Å². The summed E-state index contributed by atoms with van der Waals surface area (Å²) in [6, 6.07) is 36.7. The number of nitrogens with zero attached hydrogens (tertiary/aromatic N) is 4. The number of carbonyl (C=O) groups excluding carboxylic acids is 1. The molecular formula is C56H60N4O2. The third-order valence-corrected chi connectivity index (χ3v) is 12.0. The van der Waals surface area contributed by atoms with E-state index in [1.807, 2.05) is 30.3 Å². The molecule has 0 atom stereocenters. The molecule has 0 spiro atoms. The van der Waals surface area contributed by atoms with Crippen LogP contribution in [0.3, 0.4) is 0 Å². The molecule has 0 N–H and O–H groups in total. The van der Waals surface area contributed by atoms with Gasteiger partial charge in [-0.1, -0.05) is 126 Å². The Balaban J connectivity index is 1.56. The Kier molecular flexibility index (Phi) is 10.4. The predicted molar refractivity (Wildman–Crippen MR) is 260 cm³/mol. The summed E-state index contributed by atoms with van der Waals surface area (Å²) in [5.74, 6) is -0.426. The van der Waals surface area contributed by atoms with E-state index in [4.69, 9.17) is 14.7 Å². The molecule has 0 radical (unpaired) electrons. The molecular weight excluding hydrogens is 761 g/mol. The van der Waals surface area contributed by atoms with E-state index in [0.717, 1.165) is 61.8 Å². The van der Waals surface area contributed by atoms with Gasteiger partial charge in [0.2, 0.25) is 0 Å². The average Bonchev–Trinajstić information content (AvgIpc) is 4.00. The number of methoxy groups -OCH3 is 1. The van der Waals surface area contributed by atoms with Crippen LogP contribution in [0.2, 0.25) is 0 Å². The van der Waals surface area contributed by atoms with Gasteiger partial charge in [0.05, 0.1) is 46.5 Å². The standard InChI is InChI=1S/C56H60N4O2/c1-53(2,3)36-25-37(54(4,5)6)28-46(27-36)59-44-23-24-45(59)32-41-20-22-43(58-41)34-49-51(52(61)62-13)50(35-17-15-14-16-18-35)48(33-42-21-19-40(31-44)57-42)60(49)47-29-38(55(7,8)9)26-39(30-47)56(10,11)12/h14-34H,1-13H3. The summed E-state index contributed by atoms with van der Waals surface area (Å²) >= 11 is 0. The van der Waals surface area contributed by atoms with Gasteiger partial charge in [-0.05, 0) is 134 Å². The van der Waals surface area contributed by atoms with E-state index in [1.165, 1.54) is 29.4 Å². The minimum Gasteiger partial charge on any atom is -0.465 e. The molecule has 8 rings (SSSR count). The Labute approximate surface area is 367 Å². The minimum absolute atomic E-state index is 0.0543. The fourth-order valence-electron chi connectivity index (χ4n) is 8.27. The molecule has 0 aliphatic carbocycles. The van der Waals surface area contributed by atoms with E-state index in [0.29, 0.717) is 11.1 Å². The van der Waals surface area contributed by atoms with Crippen LogP contribution >= 0.6 is 0 Å². The van der Waals surface area contributed by atoms with E-state index >= 15 is 0 Å². The van der Waals surface area contributed by atoms with Crippen LogP contribution in [0.15, 0.2) is 103 Å². The number of carbonyl (C=O) groups is 1. The molecule has 2 aliphatic rings. The Hall–Kier alpha value is -6.27. The van der Waals surface area contributed by atoms with Crippen LogP contribution in [0, 0.1) is 0 Å². The molecule has 0 saturated heterocycles. The van der Waals surface area contributed by atoms with Crippen molar-refractivity contribution in [3.63, 3.8) is 0 Å². The molecule has 5 heterocycles. The van der Waals surface area contributed by atoms with Crippen LogP contribution in [-0.2, 0) is 26.4 Å². The molecule has 0 amide bonds. The van der Waals surface area contributed by atoms with Crippen molar-refractivity contribution in [1.82, 2.24) is 19.1 Å². The van der Waals surface area contributed by atoms with Crippen molar-refractivity contribution in [2.75, 3.05) is 7.11 Å². The lowest BCUT2D eigenvalue weighted by Gasteiger charge is -2.26. The third kappa shape index (κ3) is 8.23. The van der Waals surface area contributed by atoms with Gasteiger partial charge in [-0.15, -0.1) is 0 Å². The lowest BCUT2D eigenvalue weighted by molar-refractivity contribution is 0.0604. The van der Waals surface area contributed by atoms with Crippen molar-refractivity contribution in [2.24, 2.45) is 0 Å². The van der Waals surface area contributed by atoms with E-state index < -0.39 is 5.97 Å². The molecule has 62 heavy (non-hydrogen) atoms. The van der Waals surface area contributed by atoms with Gasteiger partial charge >= 0.3 is 5.97 Å². The second kappa shape index (κ2) is 15.3. The summed E-state index contributed by atoms with van der Waals surface area (Å²) in [6.07, 6.45) is 8.22. The SMILES string of the molecule is COC(=O)c1c(-c2ccccc2)c2cc3nc(cc4ccc(cc5nc(cc1n2-c1cc(C(C)(C)C)cc(C(C)(C)C)c1)C=C5)n4-c1cc(C(C)(C)C)cc(C(C)(C)C)c1)C=C3. The first kappa shape index (κ1) is 42.4. The number of fused-ring (bicyclic) bond motifs is 8. The van der Waals surface area contributed by atoms with E-state index in [2.05, 4.69) is 189 Å². The van der Waals surface area contributed by atoms with Crippen LogP contribution in [0.5, 0.6) is 0 Å². The highest BCUT2D eigenvalue weighted by atomic mass is 16.5. The van der Waals surface area contributed by atoms with Gasteiger partial charge in [-0.25, -0.2) is 14.8 Å².